The Labute approximate surface area is 323 Å². The number of hydrogen-bond donors (Lipinski definition) is 2. The molecule has 0 saturated heterocycles. The molecule has 56 heavy (non-hydrogen) atoms. The fraction of sp³-hybridized carbons (Fsp3) is 0.0204. The van der Waals surface area contributed by atoms with E-state index >= 15 is 0 Å². The molecule has 10 rings (SSSR count). The van der Waals surface area contributed by atoms with Gasteiger partial charge in [0.05, 0.1) is 5.69 Å². The molecule has 0 amide bonds. The van der Waals surface area contributed by atoms with Crippen LogP contribution in [0.4, 0.5) is 5.69 Å². The van der Waals surface area contributed by atoms with Gasteiger partial charge in [0, 0.05) is 38.4 Å². The van der Waals surface area contributed by atoms with E-state index in [9.17, 15) is 0 Å². The van der Waals surface area contributed by atoms with Gasteiger partial charge in [0.1, 0.15) is 22.5 Å². The molecule has 3 heterocycles. The van der Waals surface area contributed by atoms with Crippen LogP contribution < -0.4 is 5.73 Å². The normalized spacial score (nSPS) is 11.1. The Bertz CT molecular complexity index is 2990. The predicted molar refractivity (Wildman–Crippen MR) is 227 cm³/mol. The quantitative estimate of drug-likeness (QED) is 0.165. The number of nitrogens with one attached hydrogen (secondary N) is 1. The fourth-order valence-electron chi connectivity index (χ4n) is 7.00. The van der Waals surface area contributed by atoms with E-state index in [4.69, 9.17) is 34.9 Å². The molecule has 0 spiro atoms. The highest BCUT2D eigenvalue weighted by molar-refractivity contribution is 6.16. The van der Waals surface area contributed by atoms with Crippen LogP contribution in [-0.4, -0.2) is 20.7 Å². The number of nitrogen functional groups attached to an aromatic ring is 1. The van der Waals surface area contributed by atoms with E-state index in [1.165, 1.54) is 5.56 Å². The van der Waals surface area contributed by atoms with Gasteiger partial charge in [-0.05, 0) is 47.9 Å². The third-order valence-electron chi connectivity index (χ3n) is 9.81. The van der Waals surface area contributed by atoms with Gasteiger partial charge in [-0.25, -0.2) is 15.0 Å². The number of benzene rings is 7. The van der Waals surface area contributed by atoms with Crippen molar-refractivity contribution in [3.8, 4) is 45.3 Å². The molecule has 0 aliphatic rings. The molecule has 7 nitrogen and oxygen atoms in total. The zero-order valence-corrected chi connectivity index (χ0v) is 30.5. The summed E-state index contributed by atoms with van der Waals surface area (Å²) in [5.74, 6) is 2.33. The highest BCUT2D eigenvalue weighted by atomic mass is 16.3. The zero-order chi connectivity index (χ0) is 38.0. The number of para-hydroxylation sites is 1. The van der Waals surface area contributed by atoms with Gasteiger partial charge >= 0.3 is 0 Å². The van der Waals surface area contributed by atoms with E-state index in [2.05, 4.69) is 67.6 Å². The van der Waals surface area contributed by atoms with Crippen molar-refractivity contribution in [2.75, 3.05) is 5.73 Å². The van der Waals surface area contributed by atoms with E-state index in [0.29, 0.717) is 40.2 Å². The topological polar surface area (TPSA) is 115 Å². The van der Waals surface area contributed by atoms with E-state index in [1.807, 2.05) is 115 Å². The largest absolute Gasteiger partial charge is 0.456 e. The van der Waals surface area contributed by atoms with Crippen LogP contribution in [0, 0.1) is 12.3 Å². The molecule has 3 aromatic heterocycles. The average Bonchev–Trinajstić information content (AvgIpc) is 3.83. The van der Waals surface area contributed by atoms with Crippen molar-refractivity contribution in [2.24, 2.45) is 0 Å². The van der Waals surface area contributed by atoms with Crippen molar-refractivity contribution in [1.29, 1.82) is 5.41 Å². The number of nitrogens with zero attached hydrogens (tertiary/aromatic N) is 3. The maximum atomic E-state index is 8.17. The standard InChI is InChI=1S/C34H23N3O.C15H12N2O/c1-22-10-8-16-28-30(22)31-27(15-9-17-29(31)38-28)34-36-32(25-13-6-3-7-14-25)35-33(37-34)26-20-18-24(19-21-26)23-11-4-2-5-12-23;16-13(10-6-2-1-3-7-10)15-14(17)11-8-4-5-9-12(11)18-15/h2-21H,1H3;1-9,16H,17H2. The van der Waals surface area contributed by atoms with E-state index in [0.717, 1.165) is 60.7 Å². The van der Waals surface area contributed by atoms with Crippen LogP contribution in [0.1, 0.15) is 16.9 Å². The van der Waals surface area contributed by atoms with Crippen LogP contribution in [0.2, 0.25) is 0 Å². The van der Waals surface area contributed by atoms with Crippen LogP contribution in [-0.2, 0) is 0 Å². The summed E-state index contributed by atoms with van der Waals surface area (Å²) in [5, 5.41) is 11.1. The maximum Gasteiger partial charge on any atom is 0.176 e. The summed E-state index contributed by atoms with van der Waals surface area (Å²) in [5.41, 5.74) is 16.4. The number of furan rings is 2. The lowest BCUT2D eigenvalue weighted by molar-refractivity contribution is 0.606. The summed E-state index contributed by atoms with van der Waals surface area (Å²) in [7, 11) is 0. The number of anilines is 1. The SMILES string of the molecule is Cc1cccc2oc3cccc(-c4nc(-c5ccccc5)nc(-c5ccc(-c6ccccc6)cc5)n4)c3c12.N=C(c1ccccc1)c1oc2ccccc2c1N. The number of rotatable bonds is 6. The van der Waals surface area contributed by atoms with Gasteiger partial charge < -0.3 is 14.6 Å². The minimum Gasteiger partial charge on any atom is -0.456 e. The molecule has 10 aromatic rings. The van der Waals surface area contributed by atoms with Crippen molar-refractivity contribution in [1.82, 2.24) is 15.0 Å². The zero-order valence-electron chi connectivity index (χ0n) is 30.5. The summed E-state index contributed by atoms with van der Waals surface area (Å²) >= 11 is 0. The van der Waals surface area contributed by atoms with Gasteiger partial charge in [0.2, 0.25) is 0 Å². The van der Waals surface area contributed by atoms with Gasteiger partial charge in [-0.15, -0.1) is 0 Å². The number of nitrogens with two attached hydrogens (primary N) is 1. The van der Waals surface area contributed by atoms with Crippen molar-refractivity contribution >= 4 is 44.3 Å². The minimum absolute atomic E-state index is 0.310. The molecular formula is C49H35N5O2. The molecule has 0 radical (unpaired) electrons. The Balaban J connectivity index is 0.000000190. The molecule has 0 fully saturated rings. The molecule has 7 aromatic carbocycles. The first-order valence-corrected chi connectivity index (χ1v) is 18.3. The molecule has 0 saturated carbocycles. The summed E-state index contributed by atoms with van der Waals surface area (Å²) in [6, 6.07) is 58.0. The van der Waals surface area contributed by atoms with Gasteiger partial charge in [0.25, 0.3) is 0 Å². The van der Waals surface area contributed by atoms with Crippen molar-refractivity contribution in [3.63, 3.8) is 0 Å². The number of hydrogen-bond acceptors (Lipinski definition) is 7. The lowest BCUT2D eigenvalue weighted by atomic mass is 10.0. The lowest BCUT2D eigenvalue weighted by Gasteiger charge is -2.10. The van der Waals surface area contributed by atoms with E-state index < -0.39 is 0 Å². The molecule has 3 N–H and O–H groups in total. The Morgan fingerprint density at radius 3 is 1.64 bits per heavy atom. The van der Waals surface area contributed by atoms with Gasteiger partial charge in [-0.1, -0.05) is 152 Å². The van der Waals surface area contributed by atoms with Crippen LogP contribution >= 0.6 is 0 Å². The fourth-order valence-corrected chi connectivity index (χ4v) is 7.00. The summed E-state index contributed by atoms with van der Waals surface area (Å²) in [6.45, 7) is 2.11. The molecule has 0 atom stereocenters. The van der Waals surface area contributed by atoms with Gasteiger partial charge in [-0.3, -0.25) is 5.41 Å². The first-order chi connectivity index (χ1) is 27.5. The monoisotopic (exact) mass is 725 g/mol. The smallest absolute Gasteiger partial charge is 0.176 e. The molecular weight excluding hydrogens is 691 g/mol. The molecule has 7 heteroatoms. The third kappa shape index (κ3) is 6.48. The second-order valence-corrected chi connectivity index (χ2v) is 13.4. The van der Waals surface area contributed by atoms with Crippen LogP contribution in [0.15, 0.2) is 185 Å². The predicted octanol–water partition coefficient (Wildman–Crippen LogP) is 12.2. The molecule has 268 valence electrons. The average molecular weight is 726 g/mol. The summed E-state index contributed by atoms with van der Waals surface area (Å²) < 4.78 is 11.9. The molecule has 0 aliphatic carbocycles. The highest BCUT2D eigenvalue weighted by Crippen LogP contribution is 2.38. The Morgan fingerprint density at radius 1 is 0.464 bits per heavy atom. The minimum atomic E-state index is 0.310. The lowest BCUT2D eigenvalue weighted by Crippen LogP contribution is -2.02. The third-order valence-corrected chi connectivity index (χ3v) is 9.81. The van der Waals surface area contributed by atoms with Crippen LogP contribution in [0.5, 0.6) is 0 Å². The first kappa shape index (κ1) is 34.1. The number of aromatic nitrogens is 3. The van der Waals surface area contributed by atoms with E-state index in [-0.39, 0.29) is 0 Å². The van der Waals surface area contributed by atoms with Crippen molar-refractivity contribution in [3.05, 3.63) is 193 Å². The number of aryl methyl sites for hydroxylation is 1. The van der Waals surface area contributed by atoms with Crippen LogP contribution in [0.3, 0.4) is 0 Å². The van der Waals surface area contributed by atoms with Gasteiger partial charge in [0.15, 0.2) is 23.2 Å². The maximum absolute atomic E-state index is 8.17. The Hall–Kier alpha value is -7.64. The Kier molecular flexibility index (Phi) is 8.93. The number of fused-ring (bicyclic) bond motifs is 4. The highest BCUT2D eigenvalue weighted by Gasteiger charge is 2.19. The second-order valence-electron chi connectivity index (χ2n) is 13.4. The summed E-state index contributed by atoms with van der Waals surface area (Å²) in [6.07, 6.45) is 0. The van der Waals surface area contributed by atoms with Gasteiger partial charge in [-0.2, -0.15) is 0 Å². The van der Waals surface area contributed by atoms with E-state index in [1.54, 1.807) is 0 Å². The first-order valence-electron chi connectivity index (χ1n) is 18.3. The second kappa shape index (κ2) is 14.6. The molecule has 0 aliphatic heterocycles. The summed E-state index contributed by atoms with van der Waals surface area (Å²) in [4.78, 5) is 14.9. The van der Waals surface area contributed by atoms with Crippen molar-refractivity contribution < 1.29 is 8.83 Å². The van der Waals surface area contributed by atoms with Crippen molar-refractivity contribution in [2.45, 2.75) is 6.92 Å². The van der Waals surface area contributed by atoms with Crippen LogP contribution in [0.25, 0.3) is 78.2 Å². The Morgan fingerprint density at radius 2 is 0.964 bits per heavy atom. The molecule has 0 unspecified atom stereocenters. The molecule has 0 bridgehead atoms.